The van der Waals surface area contributed by atoms with Crippen LogP contribution in [0.2, 0.25) is 0 Å². The smallest absolute Gasteiger partial charge is 0.138 e. The molecule has 2 nitrogen and oxygen atoms in total. The number of benzene rings is 2. The van der Waals surface area contributed by atoms with E-state index in [2.05, 4.69) is 72.0 Å². The molecule has 0 aliphatic rings. The quantitative estimate of drug-likeness (QED) is 0.690. The Morgan fingerprint density at radius 1 is 1.16 bits per heavy atom. The second-order valence-electron chi connectivity index (χ2n) is 4.78. The van der Waals surface area contributed by atoms with Crippen molar-refractivity contribution in [3.63, 3.8) is 0 Å². The summed E-state index contributed by atoms with van der Waals surface area (Å²) in [6.07, 6.45) is 0.984. The fourth-order valence-electron chi connectivity index (χ4n) is 2.27. The lowest BCUT2D eigenvalue weighted by Gasteiger charge is -1.97. The summed E-state index contributed by atoms with van der Waals surface area (Å²) in [6, 6.07) is 14.7. The van der Waals surface area contributed by atoms with Crippen molar-refractivity contribution in [2.45, 2.75) is 13.3 Å². The Morgan fingerprint density at radius 3 is 2.84 bits per heavy atom. The molecule has 0 saturated carbocycles. The molecule has 2 aromatic carbocycles. The van der Waals surface area contributed by atoms with Gasteiger partial charge in [-0.05, 0) is 42.9 Å². The van der Waals surface area contributed by atoms with Crippen LogP contribution in [0.3, 0.4) is 0 Å². The Labute approximate surface area is 118 Å². The van der Waals surface area contributed by atoms with Crippen LogP contribution in [0.15, 0.2) is 42.5 Å². The van der Waals surface area contributed by atoms with Crippen LogP contribution in [-0.2, 0) is 6.42 Å². The van der Waals surface area contributed by atoms with E-state index in [1.165, 1.54) is 11.1 Å². The molecular weight excluding hydrogens is 252 g/mol. The van der Waals surface area contributed by atoms with E-state index in [1.807, 2.05) is 0 Å². The van der Waals surface area contributed by atoms with Crippen LogP contribution in [-0.4, -0.2) is 15.7 Å². The van der Waals surface area contributed by atoms with Gasteiger partial charge in [-0.3, -0.25) is 0 Å². The number of fused-ring (bicyclic) bond motifs is 1. The average Bonchev–Trinajstić information content (AvgIpc) is 2.82. The number of hydrogen-bond acceptors (Lipinski definition) is 2. The van der Waals surface area contributed by atoms with Gasteiger partial charge in [0, 0.05) is 5.56 Å². The van der Waals surface area contributed by atoms with E-state index in [1.54, 1.807) is 0 Å². The summed E-state index contributed by atoms with van der Waals surface area (Å²) < 4.78 is 0. The van der Waals surface area contributed by atoms with Gasteiger partial charge in [-0.2, -0.15) is 12.6 Å². The predicted molar refractivity (Wildman–Crippen MR) is 83.8 cm³/mol. The predicted octanol–water partition coefficient (Wildman–Crippen LogP) is 4.01. The van der Waals surface area contributed by atoms with Crippen LogP contribution >= 0.6 is 12.6 Å². The van der Waals surface area contributed by atoms with E-state index in [0.29, 0.717) is 0 Å². The Morgan fingerprint density at radius 2 is 2.05 bits per heavy atom. The van der Waals surface area contributed by atoms with Gasteiger partial charge >= 0.3 is 0 Å². The number of H-pyrrole nitrogens is 1. The first-order valence-corrected chi connectivity index (χ1v) is 7.06. The van der Waals surface area contributed by atoms with Crippen LogP contribution in [0.25, 0.3) is 22.4 Å². The number of nitrogens with zero attached hydrogens (tertiary/aromatic N) is 1. The summed E-state index contributed by atoms with van der Waals surface area (Å²) in [5.41, 5.74) is 5.78. The molecule has 0 radical (unpaired) electrons. The molecule has 0 saturated heterocycles. The number of nitrogens with one attached hydrogen (secondary N) is 1. The number of aromatic nitrogens is 2. The van der Waals surface area contributed by atoms with Crippen molar-refractivity contribution < 1.29 is 0 Å². The molecule has 96 valence electrons. The molecule has 0 bridgehead atoms. The summed E-state index contributed by atoms with van der Waals surface area (Å²) in [6.45, 7) is 2.09. The molecule has 3 rings (SSSR count). The second kappa shape index (κ2) is 5.10. The SMILES string of the molecule is Cc1cccc(-c2nc3ccc(CCS)cc3[nH]2)c1. The average molecular weight is 268 g/mol. The van der Waals surface area contributed by atoms with Gasteiger partial charge in [0.15, 0.2) is 0 Å². The largest absolute Gasteiger partial charge is 0.338 e. The van der Waals surface area contributed by atoms with Crippen molar-refractivity contribution in [3.8, 4) is 11.4 Å². The van der Waals surface area contributed by atoms with Crippen LogP contribution < -0.4 is 0 Å². The number of rotatable bonds is 3. The van der Waals surface area contributed by atoms with Gasteiger partial charge in [0.05, 0.1) is 11.0 Å². The maximum atomic E-state index is 4.65. The van der Waals surface area contributed by atoms with Gasteiger partial charge in [0.1, 0.15) is 5.82 Å². The van der Waals surface area contributed by atoms with Crippen LogP contribution in [0.4, 0.5) is 0 Å². The number of aromatic amines is 1. The third-order valence-corrected chi connectivity index (χ3v) is 3.46. The van der Waals surface area contributed by atoms with Crippen molar-refractivity contribution in [2.75, 3.05) is 5.75 Å². The van der Waals surface area contributed by atoms with E-state index < -0.39 is 0 Å². The van der Waals surface area contributed by atoms with Crippen molar-refractivity contribution in [1.29, 1.82) is 0 Å². The van der Waals surface area contributed by atoms with E-state index in [4.69, 9.17) is 0 Å². The minimum Gasteiger partial charge on any atom is -0.338 e. The molecule has 0 fully saturated rings. The molecule has 19 heavy (non-hydrogen) atoms. The molecule has 0 aliphatic carbocycles. The summed E-state index contributed by atoms with van der Waals surface area (Å²) >= 11 is 4.27. The summed E-state index contributed by atoms with van der Waals surface area (Å²) in [7, 11) is 0. The third-order valence-electron chi connectivity index (χ3n) is 3.24. The molecule has 0 atom stereocenters. The lowest BCUT2D eigenvalue weighted by atomic mass is 10.1. The fraction of sp³-hybridized carbons (Fsp3) is 0.188. The third kappa shape index (κ3) is 2.51. The van der Waals surface area contributed by atoms with Gasteiger partial charge in [0.2, 0.25) is 0 Å². The highest BCUT2D eigenvalue weighted by Gasteiger charge is 2.05. The minimum absolute atomic E-state index is 0.865. The van der Waals surface area contributed by atoms with E-state index >= 15 is 0 Å². The van der Waals surface area contributed by atoms with Crippen molar-refractivity contribution in [3.05, 3.63) is 53.6 Å². The lowest BCUT2D eigenvalue weighted by molar-refractivity contribution is 1.17. The number of imidazole rings is 1. The highest BCUT2D eigenvalue weighted by Crippen LogP contribution is 2.22. The van der Waals surface area contributed by atoms with Gasteiger partial charge in [-0.1, -0.05) is 29.8 Å². The van der Waals surface area contributed by atoms with Crippen molar-refractivity contribution >= 4 is 23.7 Å². The van der Waals surface area contributed by atoms with E-state index in [0.717, 1.165) is 34.6 Å². The molecule has 0 amide bonds. The Kier molecular flexibility index (Phi) is 3.30. The molecule has 1 aromatic heterocycles. The zero-order chi connectivity index (χ0) is 13.2. The summed E-state index contributed by atoms with van der Waals surface area (Å²) in [4.78, 5) is 8.05. The zero-order valence-corrected chi connectivity index (χ0v) is 11.7. The van der Waals surface area contributed by atoms with Gasteiger partial charge < -0.3 is 4.98 Å². The molecule has 0 spiro atoms. The Bertz CT molecular complexity index is 716. The first-order chi connectivity index (χ1) is 9.26. The van der Waals surface area contributed by atoms with Gasteiger partial charge in [-0.15, -0.1) is 0 Å². The number of aryl methyl sites for hydroxylation is 2. The lowest BCUT2D eigenvalue weighted by Crippen LogP contribution is -1.85. The maximum Gasteiger partial charge on any atom is 0.138 e. The summed E-state index contributed by atoms with van der Waals surface area (Å²) in [5, 5.41) is 0. The van der Waals surface area contributed by atoms with Crippen molar-refractivity contribution in [2.24, 2.45) is 0 Å². The Hall–Kier alpha value is -1.74. The van der Waals surface area contributed by atoms with E-state index in [-0.39, 0.29) is 0 Å². The molecule has 0 aliphatic heterocycles. The molecule has 1 N–H and O–H groups in total. The molecule has 1 heterocycles. The molecular formula is C16H16N2S. The van der Waals surface area contributed by atoms with Gasteiger partial charge in [0.25, 0.3) is 0 Å². The Balaban J connectivity index is 2.06. The van der Waals surface area contributed by atoms with Crippen LogP contribution in [0.1, 0.15) is 11.1 Å². The zero-order valence-electron chi connectivity index (χ0n) is 10.9. The first kappa shape index (κ1) is 12.3. The number of hydrogen-bond donors (Lipinski definition) is 2. The standard InChI is InChI=1S/C16H16N2S/c1-11-3-2-4-13(9-11)16-17-14-6-5-12(7-8-19)10-15(14)18-16/h2-6,9-10,19H,7-8H2,1H3,(H,17,18). The first-order valence-electron chi connectivity index (χ1n) is 6.43. The normalized spacial score (nSPS) is 11.1. The number of thiol groups is 1. The van der Waals surface area contributed by atoms with Gasteiger partial charge in [-0.25, -0.2) is 4.98 Å². The topological polar surface area (TPSA) is 28.7 Å². The monoisotopic (exact) mass is 268 g/mol. The van der Waals surface area contributed by atoms with E-state index in [9.17, 15) is 0 Å². The molecule has 0 unspecified atom stereocenters. The molecule has 3 heteroatoms. The van der Waals surface area contributed by atoms with Crippen LogP contribution in [0.5, 0.6) is 0 Å². The fourth-order valence-corrected chi connectivity index (χ4v) is 2.53. The highest BCUT2D eigenvalue weighted by molar-refractivity contribution is 7.80. The van der Waals surface area contributed by atoms with Crippen molar-refractivity contribution in [1.82, 2.24) is 9.97 Å². The summed E-state index contributed by atoms with van der Waals surface area (Å²) in [5.74, 6) is 1.80. The second-order valence-corrected chi connectivity index (χ2v) is 5.23. The molecule has 3 aromatic rings. The highest BCUT2D eigenvalue weighted by atomic mass is 32.1. The maximum absolute atomic E-state index is 4.65. The minimum atomic E-state index is 0.865. The van der Waals surface area contributed by atoms with Crippen LogP contribution in [0, 0.1) is 6.92 Å².